The Labute approximate surface area is 107 Å². The topological polar surface area (TPSA) is 33.0 Å². The third-order valence-electron chi connectivity index (χ3n) is 2.55. The summed E-state index contributed by atoms with van der Waals surface area (Å²) in [6, 6.07) is 17.4. The van der Waals surface area contributed by atoms with E-state index >= 15 is 0 Å². The predicted octanol–water partition coefficient (Wildman–Crippen LogP) is 3.79. The Kier molecular flexibility index (Phi) is 3.78. The highest BCUT2D eigenvalue weighted by Crippen LogP contribution is 2.30. The number of hydrogen-bond donors (Lipinski definition) is 0. The molecular formula is C16H13NO. The molecule has 0 fully saturated rings. The summed E-state index contributed by atoms with van der Waals surface area (Å²) in [5.74, 6) is 0.799. The van der Waals surface area contributed by atoms with Crippen molar-refractivity contribution in [2.75, 3.05) is 6.61 Å². The average molecular weight is 235 g/mol. The van der Waals surface area contributed by atoms with Crippen molar-refractivity contribution in [1.29, 1.82) is 5.26 Å². The molecule has 0 saturated heterocycles. The molecule has 2 rings (SSSR count). The maximum atomic E-state index is 8.93. The zero-order valence-electron chi connectivity index (χ0n) is 9.97. The molecule has 0 bridgehead atoms. The Hall–Kier alpha value is -2.53. The van der Waals surface area contributed by atoms with Crippen LogP contribution in [0.3, 0.4) is 0 Å². The molecule has 0 aliphatic rings. The van der Waals surface area contributed by atoms with Crippen LogP contribution >= 0.6 is 0 Å². The van der Waals surface area contributed by atoms with E-state index in [1.807, 2.05) is 42.5 Å². The van der Waals surface area contributed by atoms with Gasteiger partial charge in [-0.25, -0.2) is 0 Å². The maximum Gasteiger partial charge on any atom is 0.127 e. The molecule has 2 nitrogen and oxygen atoms in total. The first-order valence-corrected chi connectivity index (χ1v) is 5.68. The zero-order valence-corrected chi connectivity index (χ0v) is 9.97. The van der Waals surface area contributed by atoms with Gasteiger partial charge in [0.1, 0.15) is 12.4 Å². The van der Waals surface area contributed by atoms with Crippen LogP contribution in [0.25, 0.3) is 11.1 Å². The highest BCUT2D eigenvalue weighted by molar-refractivity contribution is 5.71. The van der Waals surface area contributed by atoms with Crippen molar-refractivity contribution in [3.05, 3.63) is 66.7 Å². The second-order valence-corrected chi connectivity index (χ2v) is 3.79. The highest BCUT2D eigenvalue weighted by Gasteiger charge is 2.05. The summed E-state index contributed by atoms with van der Waals surface area (Å²) in [6.45, 7) is 4.10. The summed E-state index contributed by atoms with van der Waals surface area (Å²) in [7, 11) is 0. The first-order chi connectivity index (χ1) is 8.85. The Morgan fingerprint density at radius 3 is 2.78 bits per heavy atom. The van der Waals surface area contributed by atoms with Gasteiger partial charge in [-0.1, -0.05) is 43.0 Å². The van der Waals surface area contributed by atoms with E-state index in [0.717, 1.165) is 16.9 Å². The number of benzene rings is 2. The van der Waals surface area contributed by atoms with Crippen LogP contribution in [0.4, 0.5) is 0 Å². The molecule has 0 aromatic heterocycles. The van der Waals surface area contributed by atoms with E-state index in [4.69, 9.17) is 10.00 Å². The molecule has 0 radical (unpaired) electrons. The fourth-order valence-electron chi connectivity index (χ4n) is 1.74. The first kappa shape index (κ1) is 11.9. The molecule has 0 aliphatic carbocycles. The molecule has 2 heteroatoms. The largest absolute Gasteiger partial charge is 0.489 e. The Balaban J connectivity index is 2.43. The summed E-state index contributed by atoms with van der Waals surface area (Å²) in [5.41, 5.74) is 2.61. The van der Waals surface area contributed by atoms with E-state index < -0.39 is 0 Å². The van der Waals surface area contributed by atoms with Gasteiger partial charge in [0, 0.05) is 5.56 Å². The van der Waals surface area contributed by atoms with E-state index in [9.17, 15) is 0 Å². The third-order valence-corrected chi connectivity index (χ3v) is 2.55. The summed E-state index contributed by atoms with van der Waals surface area (Å²) < 4.78 is 5.61. The number of para-hydroxylation sites is 1. The van der Waals surface area contributed by atoms with Gasteiger partial charge in [-0.15, -0.1) is 0 Å². The fourth-order valence-corrected chi connectivity index (χ4v) is 1.74. The number of nitriles is 1. The lowest BCUT2D eigenvalue weighted by Gasteiger charge is -2.10. The molecule has 0 spiro atoms. The number of rotatable bonds is 4. The van der Waals surface area contributed by atoms with Crippen LogP contribution in [0.5, 0.6) is 5.75 Å². The maximum absolute atomic E-state index is 8.93. The van der Waals surface area contributed by atoms with Crippen molar-refractivity contribution in [2.24, 2.45) is 0 Å². The minimum atomic E-state index is 0.467. The summed E-state index contributed by atoms with van der Waals surface area (Å²) in [4.78, 5) is 0. The molecule has 2 aromatic rings. The van der Waals surface area contributed by atoms with Gasteiger partial charge < -0.3 is 4.74 Å². The summed E-state index contributed by atoms with van der Waals surface area (Å²) in [6.07, 6.45) is 1.71. The highest BCUT2D eigenvalue weighted by atomic mass is 16.5. The van der Waals surface area contributed by atoms with Gasteiger partial charge in [0.15, 0.2) is 0 Å². The summed E-state index contributed by atoms with van der Waals surface area (Å²) in [5, 5.41) is 8.93. The van der Waals surface area contributed by atoms with E-state index in [0.29, 0.717) is 12.2 Å². The number of ether oxygens (including phenoxy) is 1. The van der Waals surface area contributed by atoms with Crippen molar-refractivity contribution < 1.29 is 4.74 Å². The zero-order chi connectivity index (χ0) is 12.8. The van der Waals surface area contributed by atoms with Gasteiger partial charge >= 0.3 is 0 Å². The molecule has 18 heavy (non-hydrogen) atoms. The predicted molar refractivity (Wildman–Crippen MR) is 72.3 cm³/mol. The van der Waals surface area contributed by atoms with E-state index in [2.05, 4.69) is 12.6 Å². The molecule has 0 N–H and O–H groups in total. The lowest BCUT2D eigenvalue weighted by molar-refractivity contribution is 0.365. The van der Waals surface area contributed by atoms with Gasteiger partial charge in [0.2, 0.25) is 0 Å². The van der Waals surface area contributed by atoms with Crippen molar-refractivity contribution in [3.8, 4) is 22.9 Å². The molecule has 0 amide bonds. The average Bonchev–Trinajstić information content (AvgIpc) is 2.45. The van der Waals surface area contributed by atoms with Crippen LogP contribution in [0.15, 0.2) is 61.2 Å². The lowest BCUT2D eigenvalue weighted by atomic mass is 10.0. The van der Waals surface area contributed by atoms with Crippen LogP contribution in [0.2, 0.25) is 0 Å². The molecule has 0 aliphatic heterocycles. The van der Waals surface area contributed by atoms with Crippen LogP contribution < -0.4 is 4.74 Å². The quantitative estimate of drug-likeness (QED) is 0.755. The minimum Gasteiger partial charge on any atom is -0.489 e. The smallest absolute Gasteiger partial charge is 0.127 e. The minimum absolute atomic E-state index is 0.467. The van der Waals surface area contributed by atoms with Gasteiger partial charge in [-0.2, -0.15) is 5.26 Å². The summed E-state index contributed by atoms with van der Waals surface area (Å²) >= 11 is 0. The first-order valence-electron chi connectivity index (χ1n) is 5.68. The van der Waals surface area contributed by atoms with Crippen molar-refractivity contribution >= 4 is 0 Å². The normalized spacial score (nSPS) is 9.50. The van der Waals surface area contributed by atoms with Gasteiger partial charge in [-0.05, 0) is 23.8 Å². The molecule has 0 unspecified atom stereocenters. The second kappa shape index (κ2) is 5.70. The Morgan fingerprint density at radius 2 is 2.00 bits per heavy atom. The SMILES string of the molecule is C=CCOc1ccccc1-c1cccc(C#N)c1. The molecule has 88 valence electrons. The molecule has 0 atom stereocenters. The van der Waals surface area contributed by atoms with E-state index in [1.54, 1.807) is 12.1 Å². The van der Waals surface area contributed by atoms with Gasteiger partial charge in [-0.3, -0.25) is 0 Å². The Bertz CT molecular complexity index is 596. The molecule has 0 saturated carbocycles. The van der Waals surface area contributed by atoms with Crippen molar-refractivity contribution in [1.82, 2.24) is 0 Å². The van der Waals surface area contributed by atoms with Crippen molar-refractivity contribution in [3.63, 3.8) is 0 Å². The van der Waals surface area contributed by atoms with Crippen molar-refractivity contribution in [2.45, 2.75) is 0 Å². The van der Waals surface area contributed by atoms with Gasteiger partial charge in [0.25, 0.3) is 0 Å². The lowest BCUT2D eigenvalue weighted by Crippen LogP contribution is -1.94. The van der Waals surface area contributed by atoms with Crippen LogP contribution in [-0.2, 0) is 0 Å². The monoisotopic (exact) mass is 235 g/mol. The van der Waals surface area contributed by atoms with Crippen LogP contribution in [-0.4, -0.2) is 6.61 Å². The standard InChI is InChI=1S/C16H13NO/c1-2-10-18-16-9-4-3-8-15(16)14-7-5-6-13(11-14)12-17/h2-9,11H,1,10H2. The van der Waals surface area contributed by atoms with Crippen LogP contribution in [0, 0.1) is 11.3 Å². The molecule has 0 heterocycles. The Morgan fingerprint density at radius 1 is 1.17 bits per heavy atom. The van der Waals surface area contributed by atoms with E-state index in [-0.39, 0.29) is 0 Å². The third kappa shape index (κ3) is 2.58. The fraction of sp³-hybridized carbons (Fsp3) is 0.0625. The van der Waals surface area contributed by atoms with Gasteiger partial charge in [0.05, 0.1) is 11.6 Å². The number of nitrogens with zero attached hydrogens (tertiary/aromatic N) is 1. The molecular weight excluding hydrogens is 222 g/mol. The number of hydrogen-bond acceptors (Lipinski definition) is 2. The molecule has 2 aromatic carbocycles. The van der Waals surface area contributed by atoms with E-state index in [1.165, 1.54) is 0 Å². The second-order valence-electron chi connectivity index (χ2n) is 3.79. The van der Waals surface area contributed by atoms with Crippen LogP contribution in [0.1, 0.15) is 5.56 Å².